The van der Waals surface area contributed by atoms with Gasteiger partial charge in [0.05, 0.1) is 16.6 Å². The van der Waals surface area contributed by atoms with E-state index in [-0.39, 0.29) is 18.0 Å². The number of aryl methyl sites for hydroxylation is 2. The lowest BCUT2D eigenvalue weighted by Crippen LogP contribution is -2.39. The van der Waals surface area contributed by atoms with Crippen molar-refractivity contribution in [1.29, 1.82) is 0 Å². The average Bonchev–Trinajstić information content (AvgIpc) is 3.33. The number of para-hydroxylation sites is 1. The fourth-order valence-corrected chi connectivity index (χ4v) is 4.29. The summed E-state index contributed by atoms with van der Waals surface area (Å²) < 4.78 is 8.18. The van der Waals surface area contributed by atoms with Gasteiger partial charge in [0.25, 0.3) is 5.56 Å². The molecule has 0 atom stereocenters. The Labute approximate surface area is 199 Å². The molecule has 0 spiro atoms. The number of aromatic nitrogens is 4. The summed E-state index contributed by atoms with van der Waals surface area (Å²) in [5, 5.41) is 4.53. The third-order valence-corrected chi connectivity index (χ3v) is 6.65. The fourth-order valence-electron chi connectivity index (χ4n) is 3.88. The van der Waals surface area contributed by atoms with Crippen molar-refractivity contribution < 1.29 is 4.52 Å². The van der Waals surface area contributed by atoms with Gasteiger partial charge in [-0.1, -0.05) is 23.4 Å². The predicted octanol–water partition coefficient (Wildman–Crippen LogP) is 4.59. The molecule has 0 unspecified atom stereocenters. The molecule has 0 N–H and O–H groups in total. The van der Waals surface area contributed by atoms with Crippen LogP contribution in [-0.2, 0) is 6.54 Å². The second-order valence-corrected chi connectivity index (χ2v) is 8.91. The third kappa shape index (κ3) is 3.86. The highest BCUT2D eigenvalue weighted by Crippen LogP contribution is 2.21. The highest BCUT2D eigenvalue weighted by Gasteiger charge is 2.17. The molecule has 2 heterocycles. The van der Waals surface area contributed by atoms with Gasteiger partial charge < -0.3 is 4.52 Å². The Morgan fingerprint density at radius 3 is 2.44 bits per heavy atom. The number of nitrogens with zero attached hydrogens (tertiary/aromatic N) is 4. The van der Waals surface area contributed by atoms with Crippen molar-refractivity contribution in [2.45, 2.75) is 25.3 Å². The number of rotatable bonds is 5. The summed E-state index contributed by atoms with van der Waals surface area (Å²) in [5.41, 5.74) is 3.13. The van der Waals surface area contributed by atoms with Crippen LogP contribution in [0.4, 0.5) is 0 Å². The Morgan fingerprint density at radius 1 is 0.941 bits per heavy atom. The molecule has 0 aliphatic carbocycles. The lowest BCUT2D eigenvalue weighted by molar-refractivity contribution is 0.370. The minimum absolute atomic E-state index is 0.0420. The van der Waals surface area contributed by atoms with Gasteiger partial charge in [-0.2, -0.15) is 4.98 Å². The minimum atomic E-state index is -0.462. The van der Waals surface area contributed by atoms with Crippen LogP contribution in [0.2, 0.25) is 0 Å². The van der Waals surface area contributed by atoms with Gasteiger partial charge in [0.1, 0.15) is 6.54 Å². The summed E-state index contributed by atoms with van der Waals surface area (Å²) in [6.45, 7) is 3.98. The number of benzene rings is 3. The van der Waals surface area contributed by atoms with Crippen molar-refractivity contribution >= 4 is 22.7 Å². The third-order valence-electron chi connectivity index (χ3n) is 5.91. The van der Waals surface area contributed by atoms with Gasteiger partial charge in [-0.05, 0) is 79.8 Å². The van der Waals surface area contributed by atoms with Gasteiger partial charge in [0.15, 0.2) is 0 Å². The van der Waals surface area contributed by atoms with Crippen LogP contribution in [-0.4, -0.2) is 25.5 Å². The Hall–Kier alpha value is -3.91. The topological polar surface area (TPSA) is 82.9 Å². The van der Waals surface area contributed by atoms with E-state index in [0.29, 0.717) is 22.4 Å². The Kier molecular flexibility index (Phi) is 5.67. The molecule has 0 amide bonds. The summed E-state index contributed by atoms with van der Waals surface area (Å²) in [5.74, 6) is 0.726. The largest absolute Gasteiger partial charge is 0.337 e. The molecule has 8 heteroatoms. The van der Waals surface area contributed by atoms with Gasteiger partial charge in [-0.3, -0.25) is 9.36 Å². The van der Waals surface area contributed by atoms with E-state index >= 15 is 0 Å². The molecule has 3 aromatic carbocycles. The van der Waals surface area contributed by atoms with Crippen LogP contribution in [0, 0.1) is 13.8 Å². The van der Waals surface area contributed by atoms with E-state index in [2.05, 4.69) is 10.1 Å². The molecule has 5 rings (SSSR count). The molecule has 0 radical (unpaired) electrons. The van der Waals surface area contributed by atoms with E-state index in [9.17, 15) is 9.59 Å². The quantitative estimate of drug-likeness (QED) is 0.350. The van der Waals surface area contributed by atoms with Gasteiger partial charge in [-0.15, -0.1) is 11.8 Å². The summed E-state index contributed by atoms with van der Waals surface area (Å²) in [6.07, 6.45) is 2.01. The minimum Gasteiger partial charge on any atom is -0.337 e. The smallest absolute Gasteiger partial charge is 0.336 e. The van der Waals surface area contributed by atoms with Crippen molar-refractivity contribution in [3.63, 3.8) is 0 Å². The van der Waals surface area contributed by atoms with E-state index in [1.807, 2.05) is 56.5 Å². The van der Waals surface area contributed by atoms with Gasteiger partial charge in [0.2, 0.25) is 11.7 Å². The van der Waals surface area contributed by atoms with E-state index < -0.39 is 5.69 Å². The first-order valence-electron chi connectivity index (χ1n) is 10.8. The zero-order valence-corrected chi connectivity index (χ0v) is 19.8. The maximum absolute atomic E-state index is 13.6. The molecular weight excluding hydrogens is 448 g/mol. The monoisotopic (exact) mass is 470 g/mol. The molecule has 2 aromatic heterocycles. The van der Waals surface area contributed by atoms with Crippen molar-refractivity contribution in [3.05, 3.63) is 105 Å². The molecule has 7 nitrogen and oxygen atoms in total. The number of thioether (sulfide) groups is 1. The molecule has 0 saturated heterocycles. The molecule has 5 aromatic rings. The molecule has 170 valence electrons. The first kappa shape index (κ1) is 21.9. The van der Waals surface area contributed by atoms with E-state index in [4.69, 9.17) is 4.52 Å². The van der Waals surface area contributed by atoms with Gasteiger partial charge in [0, 0.05) is 10.5 Å². The Bertz CT molecular complexity index is 1630. The first-order valence-corrected chi connectivity index (χ1v) is 12.0. The normalized spacial score (nSPS) is 11.3. The molecule has 0 fully saturated rings. The molecule has 0 aliphatic rings. The summed E-state index contributed by atoms with van der Waals surface area (Å²) in [7, 11) is 0. The number of hydrogen-bond acceptors (Lipinski definition) is 6. The number of hydrogen-bond donors (Lipinski definition) is 0. The van der Waals surface area contributed by atoms with Crippen LogP contribution >= 0.6 is 11.8 Å². The second kappa shape index (κ2) is 8.79. The van der Waals surface area contributed by atoms with E-state index in [1.54, 1.807) is 42.1 Å². The molecule has 0 bridgehead atoms. The van der Waals surface area contributed by atoms with Gasteiger partial charge in [-0.25, -0.2) is 9.36 Å². The second-order valence-electron chi connectivity index (χ2n) is 8.04. The fraction of sp³-hybridized carbons (Fsp3) is 0.154. The van der Waals surface area contributed by atoms with Crippen molar-refractivity contribution in [2.75, 3.05) is 6.26 Å². The maximum atomic E-state index is 13.6. The Morgan fingerprint density at radius 2 is 1.71 bits per heavy atom. The molecule has 34 heavy (non-hydrogen) atoms. The predicted molar refractivity (Wildman–Crippen MR) is 134 cm³/mol. The van der Waals surface area contributed by atoms with Crippen molar-refractivity contribution in [2.24, 2.45) is 0 Å². The van der Waals surface area contributed by atoms with E-state index in [1.165, 1.54) is 9.13 Å². The summed E-state index contributed by atoms with van der Waals surface area (Å²) in [4.78, 5) is 32.5. The zero-order chi connectivity index (χ0) is 23.8. The molecule has 0 saturated carbocycles. The zero-order valence-electron chi connectivity index (χ0n) is 19.0. The highest BCUT2D eigenvalue weighted by molar-refractivity contribution is 7.98. The van der Waals surface area contributed by atoms with Crippen LogP contribution < -0.4 is 11.2 Å². The lowest BCUT2D eigenvalue weighted by Gasteiger charge is -2.13. The molecular formula is C26H22N4O3S. The van der Waals surface area contributed by atoms with Crippen LogP contribution in [0.1, 0.15) is 17.0 Å². The first-order chi connectivity index (χ1) is 16.5. The van der Waals surface area contributed by atoms with Crippen LogP contribution in [0.15, 0.2) is 85.7 Å². The average molecular weight is 471 g/mol. The van der Waals surface area contributed by atoms with Crippen molar-refractivity contribution in [3.8, 4) is 17.1 Å². The maximum Gasteiger partial charge on any atom is 0.336 e. The molecule has 0 aliphatic heterocycles. The number of fused-ring (bicyclic) bond motifs is 1. The Balaban J connectivity index is 1.62. The van der Waals surface area contributed by atoms with Crippen LogP contribution in [0.5, 0.6) is 0 Å². The van der Waals surface area contributed by atoms with E-state index in [0.717, 1.165) is 21.6 Å². The van der Waals surface area contributed by atoms with Crippen LogP contribution in [0.25, 0.3) is 28.0 Å². The standard InChI is InChI=1S/C26H22N4O3S/c1-16-8-11-19(14-17(16)2)30-25(31)21-6-4-5-7-22(21)29(26(30)32)15-23-27-24(28-33-23)18-9-12-20(34-3)13-10-18/h4-14H,15H2,1-3H3. The SMILES string of the molecule is CSc1ccc(-c2noc(Cn3c(=O)n(-c4ccc(C)c(C)c4)c(=O)c4ccccc43)n2)cc1. The lowest BCUT2D eigenvalue weighted by atomic mass is 10.1. The summed E-state index contributed by atoms with van der Waals surface area (Å²) >= 11 is 1.65. The van der Waals surface area contributed by atoms with Gasteiger partial charge >= 0.3 is 5.69 Å². The van der Waals surface area contributed by atoms with Crippen molar-refractivity contribution in [1.82, 2.24) is 19.3 Å². The highest BCUT2D eigenvalue weighted by atomic mass is 32.2. The van der Waals surface area contributed by atoms with Crippen LogP contribution in [0.3, 0.4) is 0 Å². The summed E-state index contributed by atoms with van der Waals surface area (Å²) in [6, 6.07) is 20.4.